The van der Waals surface area contributed by atoms with Gasteiger partial charge in [-0.3, -0.25) is 24.0 Å². The van der Waals surface area contributed by atoms with Gasteiger partial charge in [0.2, 0.25) is 24.1 Å². The van der Waals surface area contributed by atoms with Gasteiger partial charge in [-0.25, -0.2) is 0 Å². The highest BCUT2D eigenvalue weighted by Gasteiger charge is 2.28. The maximum Gasteiger partial charge on any atom is 0.243 e. The number of benzene rings is 1. The van der Waals surface area contributed by atoms with E-state index in [1.54, 1.807) is 20.8 Å². The van der Waals surface area contributed by atoms with Gasteiger partial charge in [-0.2, -0.15) is 0 Å². The van der Waals surface area contributed by atoms with Crippen LogP contribution in [0, 0.1) is 11.8 Å². The normalized spacial score (nSPS) is 13.9. The van der Waals surface area contributed by atoms with Crippen molar-refractivity contribution in [1.29, 1.82) is 0 Å². The molecular formula is C34H59N5O6. The van der Waals surface area contributed by atoms with Crippen molar-refractivity contribution in [2.75, 3.05) is 26.3 Å². The molecule has 11 heteroatoms. The van der Waals surface area contributed by atoms with E-state index in [9.17, 15) is 19.2 Å². The summed E-state index contributed by atoms with van der Waals surface area (Å²) in [5.41, 5.74) is 5.95. The Hall–Kier alpha value is -3.57. The summed E-state index contributed by atoms with van der Waals surface area (Å²) in [7, 11) is 0. The number of carbonyl (C=O) groups is 5. The van der Waals surface area contributed by atoms with Crippen LogP contribution in [-0.4, -0.2) is 74.3 Å². The van der Waals surface area contributed by atoms with Crippen molar-refractivity contribution in [3.8, 4) is 0 Å². The molecule has 1 fully saturated rings. The quantitative estimate of drug-likeness (QED) is 0.164. The van der Waals surface area contributed by atoms with Crippen LogP contribution in [-0.2, 0) is 35.1 Å². The molecule has 0 saturated carbocycles. The molecule has 3 atom stereocenters. The number of primary amides is 1. The molecule has 2 unspecified atom stereocenters. The lowest BCUT2D eigenvalue weighted by molar-refractivity contribution is -0.133. The lowest BCUT2D eigenvalue weighted by Gasteiger charge is -2.24. The van der Waals surface area contributed by atoms with Gasteiger partial charge in [0, 0.05) is 19.5 Å². The zero-order valence-electron chi connectivity index (χ0n) is 28.7. The van der Waals surface area contributed by atoms with E-state index >= 15 is 0 Å². The summed E-state index contributed by atoms with van der Waals surface area (Å²) in [6, 6.07) is 8.24. The van der Waals surface area contributed by atoms with Crippen molar-refractivity contribution < 1.29 is 28.7 Å². The summed E-state index contributed by atoms with van der Waals surface area (Å²) in [6.45, 7) is 22.4. The van der Waals surface area contributed by atoms with Gasteiger partial charge in [0.1, 0.15) is 12.1 Å². The highest BCUT2D eigenvalue weighted by atomic mass is 16.5. The summed E-state index contributed by atoms with van der Waals surface area (Å²) >= 11 is 0. The molecule has 4 amide bonds. The number of ketones is 1. The number of aryl methyl sites for hydroxylation is 1. The highest BCUT2D eigenvalue weighted by molar-refractivity contribution is 6.01. The lowest BCUT2D eigenvalue weighted by atomic mass is 9.97. The van der Waals surface area contributed by atoms with Crippen LogP contribution in [0.2, 0.25) is 0 Å². The van der Waals surface area contributed by atoms with Gasteiger partial charge >= 0.3 is 0 Å². The number of amides is 4. The zero-order valence-corrected chi connectivity index (χ0v) is 28.7. The minimum absolute atomic E-state index is 0.195. The molecule has 256 valence electrons. The molecule has 1 heterocycles. The highest BCUT2D eigenvalue weighted by Crippen LogP contribution is 2.10. The summed E-state index contributed by atoms with van der Waals surface area (Å²) in [6.07, 6.45) is 2.62. The van der Waals surface area contributed by atoms with E-state index in [2.05, 4.69) is 64.8 Å². The van der Waals surface area contributed by atoms with Crippen molar-refractivity contribution in [2.24, 2.45) is 17.6 Å². The largest absolute Gasteiger partial charge is 0.379 e. The molecule has 11 nitrogen and oxygen atoms in total. The predicted molar refractivity (Wildman–Crippen MR) is 180 cm³/mol. The fourth-order valence-electron chi connectivity index (χ4n) is 3.91. The Morgan fingerprint density at radius 1 is 0.889 bits per heavy atom. The Bertz CT molecular complexity index is 985. The lowest BCUT2D eigenvalue weighted by Crippen LogP contribution is -2.55. The number of ether oxygens (including phenoxy) is 1. The van der Waals surface area contributed by atoms with Crippen LogP contribution in [0.15, 0.2) is 42.5 Å². The number of hydrogen-bond donors (Lipinski definition) is 5. The average Bonchev–Trinajstić information content (AvgIpc) is 3.01. The fraction of sp³-hybridized carbons (Fsp3) is 0.618. The summed E-state index contributed by atoms with van der Waals surface area (Å²) in [4.78, 5) is 57.7. The second-order valence-corrected chi connectivity index (χ2v) is 11.5. The fourth-order valence-corrected chi connectivity index (χ4v) is 3.91. The Kier molecular flexibility index (Phi) is 25.9. The van der Waals surface area contributed by atoms with E-state index in [1.807, 2.05) is 33.8 Å². The van der Waals surface area contributed by atoms with Gasteiger partial charge < -0.3 is 31.7 Å². The van der Waals surface area contributed by atoms with Gasteiger partial charge in [-0.15, -0.1) is 0 Å². The molecule has 0 spiro atoms. The van der Waals surface area contributed by atoms with Gasteiger partial charge in [0.05, 0.1) is 19.3 Å². The third-order valence-corrected chi connectivity index (χ3v) is 6.29. The summed E-state index contributed by atoms with van der Waals surface area (Å²) in [5.74, 6) is -0.891. The Balaban J connectivity index is 0. The van der Waals surface area contributed by atoms with Crippen molar-refractivity contribution in [3.63, 3.8) is 0 Å². The molecule has 0 aromatic heterocycles. The van der Waals surface area contributed by atoms with Crippen LogP contribution < -0.4 is 27.0 Å². The summed E-state index contributed by atoms with van der Waals surface area (Å²) < 4.78 is 5.01. The molecule has 1 aromatic carbocycles. The van der Waals surface area contributed by atoms with Gasteiger partial charge in [-0.1, -0.05) is 78.5 Å². The smallest absolute Gasteiger partial charge is 0.243 e. The van der Waals surface area contributed by atoms with Gasteiger partial charge in [-0.05, 0) is 56.1 Å². The van der Waals surface area contributed by atoms with Crippen LogP contribution in [0.1, 0.15) is 80.2 Å². The van der Waals surface area contributed by atoms with Crippen molar-refractivity contribution in [2.45, 2.75) is 99.2 Å². The number of hydrogen-bond acceptors (Lipinski definition) is 7. The average molecular weight is 634 g/mol. The third-order valence-electron chi connectivity index (χ3n) is 6.29. The number of morpholine rings is 1. The number of rotatable bonds is 13. The zero-order chi connectivity index (χ0) is 34.8. The van der Waals surface area contributed by atoms with Crippen molar-refractivity contribution in [1.82, 2.24) is 21.3 Å². The molecule has 2 rings (SSSR count). The SMILES string of the molecule is C1COCCN1.C=C(C)C(=O)C(CC(C)C)NC(=O)[C@H](C)NC(=O)C(CC(C)C)NC(=O)CC.CCc1ccccc1.NC=O. The Morgan fingerprint density at radius 2 is 1.40 bits per heavy atom. The van der Waals surface area contributed by atoms with Crippen molar-refractivity contribution >= 4 is 29.9 Å². The van der Waals surface area contributed by atoms with Crippen LogP contribution >= 0.6 is 0 Å². The van der Waals surface area contributed by atoms with Crippen LogP contribution in [0.25, 0.3) is 0 Å². The number of carbonyl (C=O) groups excluding carboxylic acids is 5. The molecule has 1 aromatic rings. The van der Waals surface area contributed by atoms with E-state index in [1.165, 1.54) is 5.56 Å². The maximum absolute atomic E-state index is 12.6. The number of nitrogens with one attached hydrogen (secondary N) is 4. The standard InChI is InChI=1S/C21H37N3O4.C8H10.C4H9NO.CH3NO/c1-9-18(25)23-17(11-13(4)5)21(28)22-15(8)20(27)24-16(10-12(2)3)19(26)14(6)7;1-2-8-6-4-3-5-7-8;1-3-6-4-2-5-1;2-1-3/h12-13,15-17H,6,9-11H2,1-5,7-8H3,(H,22,28)(H,23,25)(H,24,27);3-7H,2H2,1H3;5H,1-4H2;1H,(H2,2,3)/t15-,16?,17?;;;/m0.../s1. The van der Waals surface area contributed by atoms with Crippen LogP contribution in [0.4, 0.5) is 0 Å². The molecule has 45 heavy (non-hydrogen) atoms. The van der Waals surface area contributed by atoms with E-state index in [-0.39, 0.29) is 36.4 Å². The first-order valence-electron chi connectivity index (χ1n) is 15.8. The van der Waals surface area contributed by atoms with Gasteiger partial charge in [0.25, 0.3) is 0 Å². The monoisotopic (exact) mass is 633 g/mol. The summed E-state index contributed by atoms with van der Waals surface area (Å²) in [5, 5.41) is 11.2. The third kappa shape index (κ3) is 23.5. The van der Waals surface area contributed by atoms with Gasteiger partial charge in [0.15, 0.2) is 5.78 Å². The molecule has 0 aliphatic carbocycles. The molecule has 1 saturated heterocycles. The minimum atomic E-state index is -0.840. The first-order valence-corrected chi connectivity index (χ1v) is 15.8. The van der Waals surface area contributed by atoms with Crippen molar-refractivity contribution in [3.05, 3.63) is 48.0 Å². The van der Waals surface area contributed by atoms with Crippen LogP contribution in [0.5, 0.6) is 0 Å². The molecule has 1 aliphatic heterocycles. The molecular weight excluding hydrogens is 574 g/mol. The second kappa shape index (κ2) is 26.8. The molecule has 0 radical (unpaired) electrons. The van der Waals surface area contributed by atoms with E-state index < -0.39 is 29.9 Å². The second-order valence-electron chi connectivity index (χ2n) is 11.5. The maximum atomic E-state index is 12.6. The number of nitrogens with two attached hydrogens (primary N) is 1. The Morgan fingerprint density at radius 3 is 1.76 bits per heavy atom. The van der Waals surface area contributed by atoms with E-state index in [0.717, 1.165) is 32.7 Å². The number of Topliss-reactive ketones (excluding diaryl/α,β-unsaturated/α-hetero) is 1. The Labute approximate surface area is 270 Å². The molecule has 0 bridgehead atoms. The first-order chi connectivity index (χ1) is 21.2. The predicted octanol–water partition coefficient (Wildman–Crippen LogP) is 3.06. The van der Waals surface area contributed by atoms with E-state index in [0.29, 0.717) is 18.4 Å². The molecule has 6 N–H and O–H groups in total. The topological polar surface area (TPSA) is 169 Å². The van der Waals surface area contributed by atoms with Crippen LogP contribution in [0.3, 0.4) is 0 Å². The van der Waals surface area contributed by atoms with E-state index in [4.69, 9.17) is 9.53 Å². The first kappa shape index (κ1) is 43.6. The minimum Gasteiger partial charge on any atom is -0.379 e. The molecule has 1 aliphatic rings.